The molecule has 0 bridgehead atoms. The van der Waals surface area contributed by atoms with Crippen molar-refractivity contribution in [2.75, 3.05) is 17.7 Å². The molecule has 210 valence electrons. The Balaban J connectivity index is 1.44. The summed E-state index contributed by atoms with van der Waals surface area (Å²) >= 11 is 1.16. The van der Waals surface area contributed by atoms with E-state index in [2.05, 4.69) is 20.8 Å². The molecule has 0 saturated carbocycles. The van der Waals surface area contributed by atoms with E-state index in [-0.39, 0.29) is 36.1 Å². The van der Waals surface area contributed by atoms with Gasteiger partial charge in [0.15, 0.2) is 11.0 Å². The number of amides is 2. The summed E-state index contributed by atoms with van der Waals surface area (Å²) in [5, 5.41) is 25.6. The van der Waals surface area contributed by atoms with Crippen molar-refractivity contribution in [1.82, 2.24) is 20.1 Å². The van der Waals surface area contributed by atoms with Gasteiger partial charge >= 0.3 is 5.97 Å². The van der Waals surface area contributed by atoms with Crippen molar-refractivity contribution in [3.63, 3.8) is 0 Å². The number of aryl methyl sites for hydroxylation is 1. The van der Waals surface area contributed by atoms with Gasteiger partial charge < -0.3 is 15.4 Å². The largest absolute Gasteiger partial charge is 0.462 e. The number of nitrogens with zero attached hydrogens (tertiary/aromatic N) is 4. The van der Waals surface area contributed by atoms with Gasteiger partial charge in [-0.05, 0) is 56.3 Å². The third-order valence-electron chi connectivity index (χ3n) is 5.80. The first kappa shape index (κ1) is 29.0. The highest BCUT2D eigenvalue weighted by Gasteiger charge is 2.19. The molecule has 2 N–H and O–H groups in total. The number of esters is 1. The molecule has 12 nitrogen and oxygen atoms in total. The van der Waals surface area contributed by atoms with Crippen LogP contribution in [0.1, 0.15) is 39.0 Å². The standard InChI is InChI=1S/C28H26N6O6S/c1-3-40-27(37)19-11-13-21(14-12-19)30-25(35)17-41-28-32-31-24(33(28)22-7-5-4-6-8-22)16-29-26(36)20-10-9-18(2)23(15-20)34(38)39/h4-15H,3,16-17H2,1-2H3,(H,29,36)(H,30,35). The summed E-state index contributed by atoms with van der Waals surface area (Å²) in [5.41, 5.74) is 2.09. The van der Waals surface area contributed by atoms with E-state index in [1.54, 1.807) is 42.7 Å². The first-order chi connectivity index (χ1) is 19.8. The van der Waals surface area contributed by atoms with Gasteiger partial charge in [-0.1, -0.05) is 36.0 Å². The van der Waals surface area contributed by atoms with Crippen molar-refractivity contribution < 1.29 is 24.0 Å². The third-order valence-corrected chi connectivity index (χ3v) is 6.73. The molecule has 2 amide bonds. The van der Waals surface area contributed by atoms with Gasteiger partial charge in [0.05, 0.1) is 29.4 Å². The molecule has 1 aromatic heterocycles. The van der Waals surface area contributed by atoms with E-state index in [0.717, 1.165) is 17.4 Å². The highest BCUT2D eigenvalue weighted by molar-refractivity contribution is 7.99. The van der Waals surface area contributed by atoms with Gasteiger partial charge in [-0.25, -0.2) is 4.79 Å². The van der Waals surface area contributed by atoms with E-state index in [1.807, 2.05) is 30.3 Å². The lowest BCUT2D eigenvalue weighted by Crippen LogP contribution is -2.25. The normalized spacial score (nSPS) is 10.6. The van der Waals surface area contributed by atoms with E-state index in [9.17, 15) is 24.5 Å². The first-order valence-electron chi connectivity index (χ1n) is 12.5. The van der Waals surface area contributed by atoms with Crippen LogP contribution in [-0.4, -0.2) is 49.8 Å². The van der Waals surface area contributed by atoms with Gasteiger partial charge in [-0.3, -0.25) is 24.3 Å². The fourth-order valence-corrected chi connectivity index (χ4v) is 4.56. The van der Waals surface area contributed by atoms with Crippen LogP contribution < -0.4 is 10.6 Å². The zero-order valence-electron chi connectivity index (χ0n) is 22.2. The van der Waals surface area contributed by atoms with Crippen molar-refractivity contribution >= 4 is 40.9 Å². The van der Waals surface area contributed by atoms with Crippen LogP contribution in [0.15, 0.2) is 78.0 Å². The number of hydrogen-bond acceptors (Lipinski definition) is 9. The number of benzene rings is 3. The van der Waals surface area contributed by atoms with Crippen LogP contribution in [0.5, 0.6) is 0 Å². The molecule has 0 fully saturated rings. The maximum atomic E-state index is 12.8. The Morgan fingerprint density at radius 2 is 1.71 bits per heavy atom. The number of nitrogens with one attached hydrogen (secondary N) is 2. The lowest BCUT2D eigenvalue weighted by atomic mass is 10.1. The van der Waals surface area contributed by atoms with Crippen molar-refractivity contribution in [2.45, 2.75) is 25.5 Å². The number of nitro benzene ring substituents is 1. The number of anilines is 1. The molecule has 4 rings (SSSR count). The van der Waals surface area contributed by atoms with Crippen LogP contribution in [0.4, 0.5) is 11.4 Å². The number of thioether (sulfide) groups is 1. The van der Waals surface area contributed by atoms with Crippen LogP contribution >= 0.6 is 11.8 Å². The van der Waals surface area contributed by atoms with E-state index < -0.39 is 16.8 Å². The molecule has 1 heterocycles. The second-order valence-corrected chi connectivity index (χ2v) is 9.59. The quantitative estimate of drug-likeness (QED) is 0.115. The van der Waals surface area contributed by atoms with Gasteiger partial charge in [0.2, 0.25) is 5.91 Å². The highest BCUT2D eigenvalue weighted by Crippen LogP contribution is 2.23. The Labute approximate surface area is 239 Å². The predicted molar refractivity (Wildman–Crippen MR) is 152 cm³/mol. The Bertz CT molecular complexity index is 1570. The molecule has 0 saturated heterocycles. The summed E-state index contributed by atoms with van der Waals surface area (Å²) in [6.07, 6.45) is 0. The van der Waals surface area contributed by atoms with Crippen LogP contribution in [0.3, 0.4) is 0 Å². The summed E-state index contributed by atoms with van der Waals surface area (Å²) in [5.74, 6) is -0.808. The van der Waals surface area contributed by atoms with E-state index in [4.69, 9.17) is 4.74 Å². The number of nitro groups is 1. The summed E-state index contributed by atoms with van der Waals surface area (Å²) in [6, 6.07) is 19.9. The maximum Gasteiger partial charge on any atom is 0.338 e. The number of aromatic nitrogens is 3. The molecule has 0 aliphatic rings. The summed E-state index contributed by atoms with van der Waals surface area (Å²) < 4.78 is 6.69. The summed E-state index contributed by atoms with van der Waals surface area (Å²) in [7, 11) is 0. The number of ether oxygens (including phenoxy) is 1. The molecule has 0 aliphatic carbocycles. The van der Waals surface area contributed by atoms with Crippen LogP contribution in [0.2, 0.25) is 0 Å². The Morgan fingerprint density at radius 3 is 2.39 bits per heavy atom. The van der Waals surface area contributed by atoms with Crippen molar-refractivity contribution in [3.8, 4) is 5.69 Å². The van der Waals surface area contributed by atoms with Gasteiger partial charge in [0.25, 0.3) is 11.6 Å². The molecule has 41 heavy (non-hydrogen) atoms. The molecule has 13 heteroatoms. The molecular formula is C28H26N6O6S. The third kappa shape index (κ3) is 7.33. The van der Waals surface area contributed by atoms with E-state index in [0.29, 0.717) is 27.8 Å². The molecule has 3 aromatic carbocycles. The van der Waals surface area contributed by atoms with Crippen molar-refractivity contribution in [2.24, 2.45) is 0 Å². The molecule has 0 atom stereocenters. The number of carbonyl (C=O) groups is 3. The number of hydrogen-bond donors (Lipinski definition) is 2. The predicted octanol–water partition coefficient (Wildman–Crippen LogP) is 4.32. The number of rotatable bonds is 11. The minimum absolute atomic E-state index is 0.0119. The molecule has 0 spiro atoms. The average Bonchev–Trinajstić information content (AvgIpc) is 3.38. The smallest absolute Gasteiger partial charge is 0.338 e. The van der Waals surface area contributed by atoms with Crippen LogP contribution in [-0.2, 0) is 16.1 Å². The van der Waals surface area contributed by atoms with Crippen LogP contribution in [0, 0.1) is 17.0 Å². The zero-order valence-corrected chi connectivity index (χ0v) is 23.0. The maximum absolute atomic E-state index is 12.8. The Hall–Kier alpha value is -5.04. The number of carbonyl (C=O) groups excluding carboxylic acids is 3. The van der Waals surface area contributed by atoms with Gasteiger partial charge in [-0.15, -0.1) is 10.2 Å². The Morgan fingerprint density at radius 1 is 1.00 bits per heavy atom. The molecule has 4 aromatic rings. The average molecular weight is 575 g/mol. The molecule has 0 radical (unpaired) electrons. The van der Waals surface area contributed by atoms with Crippen LogP contribution in [0.25, 0.3) is 5.69 Å². The van der Waals surface area contributed by atoms with E-state index in [1.165, 1.54) is 18.2 Å². The summed E-state index contributed by atoms with van der Waals surface area (Å²) in [4.78, 5) is 48.0. The fraction of sp³-hybridized carbons (Fsp3) is 0.179. The van der Waals surface area contributed by atoms with E-state index >= 15 is 0 Å². The topological polar surface area (TPSA) is 158 Å². The van der Waals surface area contributed by atoms with Gasteiger partial charge in [0.1, 0.15) is 0 Å². The SMILES string of the molecule is CCOC(=O)c1ccc(NC(=O)CSc2nnc(CNC(=O)c3ccc(C)c([N+](=O)[O-])c3)n2-c2ccccc2)cc1. The van der Waals surface area contributed by atoms with Crippen molar-refractivity contribution in [3.05, 3.63) is 105 Å². The lowest BCUT2D eigenvalue weighted by molar-refractivity contribution is -0.385. The minimum Gasteiger partial charge on any atom is -0.462 e. The first-order valence-corrected chi connectivity index (χ1v) is 13.5. The summed E-state index contributed by atoms with van der Waals surface area (Å²) in [6.45, 7) is 3.59. The highest BCUT2D eigenvalue weighted by atomic mass is 32.2. The molecule has 0 aliphatic heterocycles. The second kappa shape index (κ2) is 13.3. The molecular weight excluding hydrogens is 548 g/mol. The fourth-order valence-electron chi connectivity index (χ4n) is 3.78. The minimum atomic E-state index is -0.531. The van der Waals surface area contributed by atoms with Gasteiger partial charge in [0, 0.05) is 28.6 Å². The van der Waals surface area contributed by atoms with Gasteiger partial charge in [-0.2, -0.15) is 0 Å². The Kier molecular flexibility index (Phi) is 9.43. The molecule has 0 unspecified atom stereocenters. The zero-order chi connectivity index (χ0) is 29.4. The lowest BCUT2D eigenvalue weighted by Gasteiger charge is -2.11. The van der Waals surface area contributed by atoms with Crippen molar-refractivity contribution in [1.29, 1.82) is 0 Å². The number of para-hydroxylation sites is 1. The second-order valence-electron chi connectivity index (χ2n) is 8.65. The monoisotopic (exact) mass is 574 g/mol.